The third-order valence-corrected chi connectivity index (χ3v) is 6.42. The average Bonchev–Trinajstić information content (AvgIpc) is 3.59. The average molecular weight is 540 g/mol. The van der Waals surface area contributed by atoms with Crippen LogP contribution in [0, 0.1) is 23.4 Å². The number of hydrogen-bond acceptors (Lipinski definition) is 5. The van der Waals surface area contributed by atoms with E-state index in [0.717, 1.165) is 11.0 Å². The van der Waals surface area contributed by atoms with Gasteiger partial charge in [0, 0.05) is 18.3 Å². The molecule has 0 spiro atoms. The molecular weight excluding hydrogens is 522 g/mol. The first kappa shape index (κ1) is 25.7. The summed E-state index contributed by atoms with van der Waals surface area (Å²) in [7, 11) is 0. The summed E-state index contributed by atoms with van der Waals surface area (Å²) in [4.78, 5) is 43.5. The van der Waals surface area contributed by atoms with E-state index in [1.54, 1.807) is 5.32 Å². The summed E-state index contributed by atoms with van der Waals surface area (Å²) in [5, 5.41) is 11.2. The van der Waals surface area contributed by atoms with Crippen LogP contribution in [0.4, 0.5) is 32.2 Å². The van der Waals surface area contributed by atoms with Gasteiger partial charge in [-0.1, -0.05) is 0 Å². The number of anilines is 1. The molecule has 14 heteroatoms. The number of pyridine rings is 2. The maximum atomic E-state index is 14.8. The summed E-state index contributed by atoms with van der Waals surface area (Å²) in [6, 6.07) is 0.711. The standard InChI is InChI=1S/C24H18F6N4O4/c25-11-5-15(26)19(16(27)6-11)34-9-14(23(38)32-21(10-1-2-10)24(28,29)30)20(37)13-3-4-17(31-22(13)34)33-8-12(35)7-18(33)36/h3-6,9-10,12,21,35H,1-2,7-8H2,(H,32,38). The topological polar surface area (TPSA) is 105 Å². The van der Waals surface area contributed by atoms with E-state index in [0.29, 0.717) is 22.9 Å². The van der Waals surface area contributed by atoms with Crippen molar-refractivity contribution >= 4 is 28.7 Å². The quantitative estimate of drug-likeness (QED) is 0.485. The van der Waals surface area contributed by atoms with E-state index in [4.69, 9.17) is 0 Å². The number of benzene rings is 1. The number of halogens is 6. The number of fused-ring (bicyclic) bond motifs is 1. The SMILES string of the molecule is O=C(NC(C1CC1)C(F)(F)F)c1cn(-c2c(F)cc(F)cc2F)c2nc(N3CC(O)CC3=O)ccc2c1=O. The zero-order valence-electron chi connectivity index (χ0n) is 19.2. The monoisotopic (exact) mass is 540 g/mol. The summed E-state index contributed by atoms with van der Waals surface area (Å²) in [6.45, 7) is -0.151. The van der Waals surface area contributed by atoms with Gasteiger partial charge in [-0.25, -0.2) is 18.2 Å². The van der Waals surface area contributed by atoms with Gasteiger partial charge in [-0.2, -0.15) is 13.2 Å². The highest BCUT2D eigenvalue weighted by molar-refractivity contribution is 5.99. The van der Waals surface area contributed by atoms with Crippen LogP contribution in [0.25, 0.3) is 16.7 Å². The number of aliphatic hydroxyl groups is 1. The number of carbonyl (C=O) groups is 2. The molecule has 2 amide bonds. The van der Waals surface area contributed by atoms with Crippen LogP contribution in [-0.2, 0) is 4.79 Å². The predicted molar refractivity (Wildman–Crippen MR) is 120 cm³/mol. The summed E-state index contributed by atoms with van der Waals surface area (Å²) in [5.41, 5.74) is -3.37. The van der Waals surface area contributed by atoms with E-state index >= 15 is 0 Å². The molecule has 1 aliphatic carbocycles. The molecule has 1 saturated carbocycles. The first-order chi connectivity index (χ1) is 17.8. The van der Waals surface area contributed by atoms with Crippen LogP contribution in [0.1, 0.15) is 29.6 Å². The van der Waals surface area contributed by atoms with Crippen molar-refractivity contribution in [3.8, 4) is 5.69 Å². The van der Waals surface area contributed by atoms with E-state index in [2.05, 4.69) is 4.98 Å². The number of rotatable bonds is 5. The first-order valence-corrected chi connectivity index (χ1v) is 11.4. The van der Waals surface area contributed by atoms with E-state index in [-0.39, 0.29) is 31.6 Å². The van der Waals surface area contributed by atoms with Gasteiger partial charge >= 0.3 is 6.18 Å². The lowest BCUT2D eigenvalue weighted by Gasteiger charge is -2.22. The Balaban J connectivity index is 1.70. The second-order valence-electron chi connectivity index (χ2n) is 9.19. The molecular formula is C24H18F6N4O4. The van der Waals surface area contributed by atoms with E-state index in [1.165, 1.54) is 6.07 Å². The molecule has 1 saturated heterocycles. The molecule has 2 unspecified atom stereocenters. The molecule has 3 aromatic rings. The second kappa shape index (κ2) is 9.11. The smallest absolute Gasteiger partial charge is 0.391 e. The van der Waals surface area contributed by atoms with Gasteiger partial charge in [0.2, 0.25) is 11.3 Å². The highest BCUT2D eigenvalue weighted by atomic mass is 19.4. The zero-order chi connectivity index (χ0) is 27.5. The molecule has 2 N–H and O–H groups in total. The lowest BCUT2D eigenvalue weighted by Crippen LogP contribution is -2.48. The maximum Gasteiger partial charge on any atom is 0.408 e. The molecule has 2 fully saturated rings. The van der Waals surface area contributed by atoms with E-state index in [9.17, 15) is 45.8 Å². The Hall–Kier alpha value is -3.94. The summed E-state index contributed by atoms with van der Waals surface area (Å²) in [6.07, 6.45) is -4.96. The molecule has 200 valence electrons. The largest absolute Gasteiger partial charge is 0.408 e. The van der Waals surface area contributed by atoms with Gasteiger partial charge in [-0.3, -0.25) is 23.9 Å². The van der Waals surface area contributed by atoms with Crippen molar-refractivity contribution in [2.75, 3.05) is 11.4 Å². The number of aliphatic hydroxyl groups excluding tert-OH is 1. The third kappa shape index (κ3) is 4.59. The van der Waals surface area contributed by atoms with Crippen LogP contribution in [0.2, 0.25) is 0 Å². The van der Waals surface area contributed by atoms with Gasteiger partial charge in [0.15, 0.2) is 17.3 Å². The third-order valence-electron chi connectivity index (χ3n) is 6.42. The van der Waals surface area contributed by atoms with Crippen molar-refractivity contribution < 1.29 is 41.0 Å². The highest BCUT2D eigenvalue weighted by Gasteiger charge is 2.50. The Morgan fingerprint density at radius 1 is 1.11 bits per heavy atom. The highest BCUT2D eigenvalue weighted by Crippen LogP contribution is 2.40. The molecule has 0 bridgehead atoms. The molecule has 2 aliphatic rings. The normalized spacial score (nSPS) is 18.8. The van der Waals surface area contributed by atoms with Crippen molar-refractivity contribution in [1.82, 2.24) is 14.9 Å². The van der Waals surface area contributed by atoms with Crippen molar-refractivity contribution in [3.63, 3.8) is 0 Å². The van der Waals surface area contributed by atoms with E-state index in [1.807, 2.05) is 0 Å². The van der Waals surface area contributed by atoms with Gasteiger partial charge in [-0.05, 0) is 30.9 Å². The number of aromatic nitrogens is 2. The number of amides is 2. The molecule has 2 atom stereocenters. The van der Waals surface area contributed by atoms with Gasteiger partial charge in [0.25, 0.3) is 5.91 Å². The molecule has 0 radical (unpaired) electrons. The maximum absolute atomic E-state index is 14.8. The predicted octanol–water partition coefficient (Wildman–Crippen LogP) is 2.97. The Morgan fingerprint density at radius 3 is 2.32 bits per heavy atom. The number of hydrogen-bond donors (Lipinski definition) is 2. The van der Waals surface area contributed by atoms with Gasteiger partial charge in [0.05, 0.1) is 24.5 Å². The number of β-amino-alcohol motifs (C(OH)–C–C–N with tert-alkyl or cyclic N) is 1. The Kier molecular flexibility index (Phi) is 6.16. The van der Waals surface area contributed by atoms with Crippen molar-refractivity contribution in [1.29, 1.82) is 0 Å². The minimum Gasteiger partial charge on any atom is -0.391 e. The summed E-state index contributed by atoms with van der Waals surface area (Å²) in [5.74, 6) is -7.09. The molecule has 8 nitrogen and oxygen atoms in total. The Labute approximate surface area is 209 Å². The van der Waals surface area contributed by atoms with Crippen LogP contribution < -0.4 is 15.6 Å². The molecule has 5 rings (SSSR count). The molecule has 2 aromatic heterocycles. The minimum absolute atomic E-state index is 0.0989. The second-order valence-corrected chi connectivity index (χ2v) is 9.19. The molecule has 3 heterocycles. The Bertz CT molecular complexity index is 1510. The van der Waals surface area contributed by atoms with Crippen molar-refractivity contribution in [2.24, 2.45) is 5.92 Å². The lowest BCUT2D eigenvalue weighted by molar-refractivity contribution is -0.158. The minimum atomic E-state index is -4.80. The zero-order valence-corrected chi connectivity index (χ0v) is 19.2. The number of nitrogens with one attached hydrogen (secondary N) is 1. The van der Waals surface area contributed by atoms with Gasteiger partial charge < -0.3 is 10.4 Å². The fraction of sp³-hybridized carbons (Fsp3) is 0.333. The summed E-state index contributed by atoms with van der Waals surface area (Å²) < 4.78 is 84.3. The van der Waals surface area contributed by atoms with Crippen LogP contribution in [-0.4, -0.2) is 51.3 Å². The van der Waals surface area contributed by atoms with Gasteiger partial charge in [-0.15, -0.1) is 0 Å². The number of alkyl halides is 3. The van der Waals surface area contributed by atoms with Crippen LogP contribution in [0.3, 0.4) is 0 Å². The van der Waals surface area contributed by atoms with Crippen molar-refractivity contribution in [2.45, 2.75) is 37.6 Å². The molecule has 38 heavy (non-hydrogen) atoms. The molecule has 1 aromatic carbocycles. The van der Waals surface area contributed by atoms with Crippen molar-refractivity contribution in [3.05, 3.63) is 63.7 Å². The van der Waals surface area contributed by atoms with Crippen LogP contribution in [0.5, 0.6) is 0 Å². The fourth-order valence-electron chi connectivity index (χ4n) is 4.47. The van der Waals surface area contributed by atoms with E-state index < -0.39 is 81.2 Å². The van der Waals surface area contributed by atoms with Crippen LogP contribution in [0.15, 0.2) is 35.3 Å². The summed E-state index contributed by atoms with van der Waals surface area (Å²) >= 11 is 0. The van der Waals surface area contributed by atoms with Gasteiger partial charge in [0.1, 0.15) is 28.9 Å². The lowest BCUT2D eigenvalue weighted by atomic mass is 10.1. The number of carbonyl (C=O) groups excluding carboxylic acids is 2. The Morgan fingerprint density at radius 2 is 1.76 bits per heavy atom. The number of nitrogens with zero attached hydrogens (tertiary/aromatic N) is 3. The fourth-order valence-corrected chi connectivity index (χ4v) is 4.47. The van der Waals surface area contributed by atoms with Crippen LogP contribution >= 0.6 is 0 Å². The molecule has 1 aliphatic heterocycles. The first-order valence-electron chi connectivity index (χ1n) is 11.4.